The molecule has 29 heavy (non-hydrogen) atoms. The second kappa shape index (κ2) is 8.73. The number of hydrogen-bond acceptors (Lipinski definition) is 5. The van der Waals surface area contributed by atoms with E-state index in [1.165, 1.54) is 23.4 Å². The number of likely N-dealkylation sites (tertiary alicyclic amines) is 1. The number of aromatic nitrogens is 3. The van der Waals surface area contributed by atoms with Gasteiger partial charge in [0, 0.05) is 38.3 Å². The maximum atomic E-state index is 12.9. The van der Waals surface area contributed by atoms with E-state index in [0.717, 1.165) is 47.4 Å². The van der Waals surface area contributed by atoms with Crippen LogP contribution in [0.3, 0.4) is 0 Å². The van der Waals surface area contributed by atoms with Crippen molar-refractivity contribution in [3.8, 4) is 0 Å². The summed E-state index contributed by atoms with van der Waals surface area (Å²) in [6.45, 7) is 8.03. The lowest BCUT2D eigenvalue weighted by molar-refractivity contribution is -0.129. The van der Waals surface area contributed by atoms with Gasteiger partial charge >= 0.3 is 5.69 Å². The number of fused-ring (bicyclic) bond motifs is 1. The summed E-state index contributed by atoms with van der Waals surface area (Å²) in [7, 11) is 3.10. The fourth-order valence-electron chi connectivity index (χ4n) is 3.77. The van der Waals surface area contributed by atoms with Crippen molar-refractivity contribution in [1.82, 2.24) is 19.0 Å². The Hall–Kier alpha value is -2.09. The standard InChI is InChI=1S/C21H30N4O3S/c1-13(2)10-15-11-22-19-17(20(27)24(5)21(28)23(19)4)18(15)29-12-16(26)25-8-6-14(3)7-9-25/h11,13-14H,6-10,12H2,1-5H3. The second-order valence-electron chi connectivity index (χ2n) is 8.47. The Kier molecular flexibility index (Phi) is 6.51. The molecule has 158 valence electrons. The Bertz CT molecular complexity index is 1030. The van der Waals surface area contributed by atoms with Crippen molar-refractivity contribution in [2.45, 2.75) is 44.9 Å². The molecule has 0 radical (unpaired) electrons. The number of amides is 1. The minimum absolute atomic E-state index is 0.101. The monoisotopic (exact) mass is 418 g/mol. The zero-order chi connectivity index (χ0) is 21.3. The van der Waals surface area contributed by atoms with E-state index < -0.39 is 5.69 Å². The van der Waals surface area contributed by atoms with Crippen LogP contribution in [0.1, 0.15) is 39.2 Å². The minimum Gasteiger partial charge on any atom is -0.342 e. The summed E-state index contributed by atoms with van der Waals surface area (Å²) in [5.41, 5.74) is 0.560. The lowest BCUT2D eigenvalue weighted by Gasteiger charge is -2.30. The van der Waals surface area contributed by atoms with E-state index in [4.69, 9.17) is 0 Å². The predicted molar refractivity (Wildman–Crippen MR) is 116 cm³/mol. The molecule has 0 spiro atoms. The molecule has 3 rings (SSSR count). The van der Waals surface area contributed by atoms with Crippen LogP contribution in [-0.4, -0.2) is 43.8 Å². The molecule has 1 saturated heterocycles. The molecule has 0 aromatic carbocycles. The Morgan fingerprint density at radius 2 is 1.86 bits per heavy atom. The number of pyridine rings is 1. The third-order valence-electron chi connectivity index (χ3n) is 5.60. The van der Waals surface area contributed by atoms with E-state index in [2.05, 4.69) is 25.8 Å². The summed E-state index contributed by atoms with van der Waals surface area (Å²) >= 11 is 1.40. The first-order valence-electron chi connectivity index (χ1n) is 10.2. The summed E-state index contributed by atoms with van der Waals surface area (Å²) in [6, 6.07) is 0. The van der Waals surface area contributed by atoms with E-state index >= 15 is 0 Å². The first-order chi connectivity index (χ1) is 13.7. The van der Waals surface area contributed by atoms with Crippen molar-refractivity contribution in [3.63, 3.8) is 0 Å². The fourth-order valence-corrected chi connectivity index (χ4v) is 4.87. The van der Waals surface area contributed by atoms with Crippen LogP contribution in [0.25, 0.3) is 11.0 Å². The van der Waals surface area contributed by atoms with E-state index in [9.17, 15) is 14.4 Å². The molecule has 0 unspecified atom stereocenters. The molecular formula is C21H30N4O3S. The molecule has 0 bridgehead atoms. The van der Waals surface area contributed by atoms with Gasteiger partial charge in [0.15, 0.2) is 0 Å². The molecule has 2 aromatic rings. The SMILES string of the molecule is CC(C)Cc1cnc2c(c1SCC(=O)N1CCC(C)CC1)c(=O)n(C)c(=O)n2C. The van der Waals surface area contributed by atoms with E-state index in [-0.39, 0.29) is 17.2 Å². The third-order valence-corrected chi connectivity index (χ3v) is 6.75. The number of carbonyl (C=O) groups excluding carboxylic acids is 1. The smallest absolute Gasteiger partial charge is 0.332 e. The van der Waals surface area contributed by atoms with Gasteiger partial charge in [0.2, 0.25) is 5.91 Å². The maximum Gasteiger partial charge on any atom is 0.332 e. The molecule has 7 nitrogen and oxygen atoms in total. The number of nitrogens with zero attached hydrogens (tertiary/aromatic N) is 4. The van der Waals surface area contributed by atoms with Crippen molar-refractivity contribution >= 4 is 28.7 Å². The van der Waals surface area contributed by atoms with Gasteiger partial charge in [-0.15, -0.1) is 11.8 Å². The van der Waals surface area contributed by atoms with Gasteiger partial charge in [0.05, 0.1) is 11.1 Å². The molecular weight excluding hydrogens is 388 g/mol. The van der Waals surface area contributed by atoms with Crippen LogP contribution in [0, 0.1) is 11.8 Å². The molecule has 1 fully saturated rings. The Morgan fingerprint density at radius 3 is 2.48 bits per heavy atom. The van der Waals surface area contributed by atoms with Crippen LogP contribution in [-0.2, 0) is 25.3 Å². The summed E-state index contributed by atoms with van der Waals surface area (Å²) < 4.78 is 2.51. The van der Waals surface area contributed by atoms with Crippen LogP contribution in [0.4, 0.5) is 0 Å². The summed E-state index contributed by atoms with van der Waals surface area (Å²) in [5.74, 6) is 1.43. The molecule has 1 aliphatic rings. The van der Waals surface area contributed by atoms with Crippen LogP contribution in [0.15, 0.2) is 20.7 Å². The highest BCUT2D eigenvalue weighted by Gasteiger charge is 2.23. The first-order valence-corrected chi connectivity index (χ1v) is 11.2. The van der Waals surface area contributed by atoms with Gasteiger partial charge in [-0.3, -0.25) is 18.7 Å². The molecule has 2 aromatic heterocycles. The average Bonchev–Trinajstić information content (AvgIpc) is 2.69. The Balaban J connectivity index is 2.00. The van der Waals surface area contributed by atoms with Crippen molar-refractivity contribution in [1.29, 1.82) is 0 Å². The summed E-state index contributed by atoms with van der Waals surface area (Å²) in [6.07, 6.45) is 4.58. The molecule has 3 heterocycles. The molecule has 1 amide bonds. The normalized spacial score (nSPS) is 15.4. The number of aryl methyl sites for hydroxylation is 1. The number of carbonyl (C=O) groups is 1. The number of thioether (sulfide) groups is 1. The first kappa shape index (κ1) is 21.6. The molecule has 1 aliphatic heterocycles. The van der Waals surface area contributed by atoms with Crippen molar-refractivity contribution in [3.05, 3.63) is 32.6 Å². The second-order valence-corrected chi connectivity index (χ2v) is 9.45. The highest BCUT2D eigenvalue weighted by Crippen LogP contribution is 2.30. The lowest BCUT2D eigenvalue weighted by atomic mass is 9.99. The van der Waals surface area contributed by atoms with Crippen LogP contribution >= 0.6 is 11.8 Å². The fraction of sp³-hybridized carbons (Fsp3) is 0.619. The zero-order valence-electron chi connectivity index (χ0n) is 17.9. The third kappa shape index (κ3) is 4.42. The van der Waals surface area contributed by atoms with Crippen molar-refractivity contribution < 1.29 is 4.79 Å². The van der Waals surface area contributed by atoms with Crippen molar-refractivity contribution in [2.75, 3.05) is 18.8 Å². The van der Waals surface area contributed by atoms with Gasteiger partial charge in [-0.05, 0) is 36.7 Å². The summed E-state index contributed by atoms with van der Waals surface area (Å²) in [5, 5.41) is 0.429. The molecule has 0 atom stereocenters. The van der Waals surface area contributed by atoms with Crippen LogP contribution < -0.4 is 11.2 Å². The van der Waals surface area contributed by atoms with Gasteiger partial charge in [0.1, 0.15) is 5.65 Å². The Morgan fingerprint density at radius 1 is 1.21 bits per heavy atom. The number of piperidine rings is 1. The highest BCUT2D eigenvalue weighted by molar-refractivity contribution is 8.00. The predicted octanol–water partition coefficient (Wildman–Crippen LogP) is 2.18. The molecule has 0 aliphatic carbocycles. The molecule has 0 N–H and O–H groups in total. The number of hydrogen-bond donors (Lipinski definition) is 0. The Labute approximate surface area is 175 Å². The van der Waals surface area contributed by atoms with Gasteiger partial charge < -0.3 is 4.90 Å². The number of rotatable bonds is 5. The maximum absolute atomic E-state index is 12.9. The van der Waals surface area contributed by atoms with Crippen LogP contribution in [0.2, 0.25) is 0 Å². The molecule has 8 heteroatoms. The summed E-state index contributed by atoms with van der Waals surface area (Å²) in [4.78, 5) is 45.1. The molecule has 0 saturated carbocycles. The van der Waals surface area contributed by atoms with Gasteiger partial charge in [0.25, 0.3) is 5.56 Å². The van der Waals surface area contributed by atoms with E-state index in [0.29, 0.717) is 22.9 Å². The average molecular weight is 419 g/mol. The van der Waals surface area contributed by atoms with Gasteiger partial charge in [-0.25, -0.2) is 9.78 Å². The topological polar surface area (TPSA) is 77.2 Å². The lowest BCUT2D eigenvalue weighted by Crippen LogP contribution is -2.39. The van der Waals surface area contributed by atoms with E-state index in [1.54, 1.807) is 13.2 Å². The zero-order valence-corrected chi connectivity index (χ0v) is 18.7. The van der Waals surface area contributed by atoms with E-state index in [1.807, 2.05) is 4.90 Å². The highest BCUT2D eigenvalue weighted by atomic mass is 32.2. The minimum atomic E-state index is -0.402. The van der Waals surface area contributed by atoms with Crippen LogP contribution in [0.5, 0.6) is 0 Å². The quantitative estimate of drug-likeness (QED) is 0.696. The van der Waals surface area contributed by atoms with Gasteiger partial charge in [-0.2, -0.15) is 0 Å². The van der Waals surface area contributed by atoms with Crippen molar-refractivity contribution in [2.24, 2.45) is 25.9 Å². The largest absolute Gasteiger partial charge is 0.342 e. The van der Waals surface area contributed by atoms with Gasteiger partial charge in [-0.1, -0.05) is 20.8 Å².